The molecule has 0 amide bonds. The Balaban J connectivity index is 2.00. The molecule has 0 aromatic heterocycles. The lowest BCUT2D eigenvalue weighted by atomic mass is 9.87. The van der Waals surface area contributed by atoms with Crippen LogP contribution in [0.5, 0.6) is 0 Å². The van der Waals surface area contributed by atoms with Gasteiger partial charge in [-0.1, -0.05) is 47.5 Å². The second-order valence-electron chi connectivity index (χ2n) is 7.11. The topological polar surface area (TPSA) is 99.4 Å². The highest BCUT2D eigenvalue weighted by atomic mass is 35.5. The van der Waals surface area contributed by atoms with Crippen molar-refractivity contribution in [1.82, 2.24) is 0 Å². The maximum Gasteiger partial charge on any atom is 0.224 e. The van der Waals surface area contributed by atoms with Crippen molar-refractivity contribution in [2.45, 2.75) is 43.5 Å². The first kappa shape index (κ1) is 21.2. The lowest BCUT2D eigenvalue weighted by Gasteiger charge is -2.47. The van der Waals surface area contributed by atoms with Gasteiger partial charge >= 0.3 is 0 Å². The van der Waals surface area contributed by atoms with E-state index in [0.29, 0.717) is 17.0 Å². The van der Waals surface area contributed by atoms with E-state index in [1.807, 2.05) is 31.2 Å². The Morgan fingerprint density at radius 2 is 1.75 bits per heavy atom. The lowest BCUT2D eigenvalue weighted by molar-refractivity contribution is -0.366. The minimum absolute atomic E-state index is 0.429. The fourth-order valence-electron chi connectivity index (χ4n) is 3.52. The summed E-state index contributed by atoms with van der Waals surface area (Å²) >= 11 is 6.38. The highest BCUT2D eigenvalue weighted by molar-refractivity contribution is 6.31. The van der Waals surface area contributed by atoms with E-state index < -0.39 is 36.8 Å². The zero-order valence-electron chi connectivity index (χ0n) is 15.7. The van der Waals surface area contributed by atoms with Crippen molar-refractivity contribution < 1.29 is 29.9 Å². The van der Waals surface area contributed by atoms with Gasteiger partial charge in [-0.3, -0.25) is 0 Å². The van der Waals surface area contributed by atoms with Crippen LogP contribution in [-0.4, -0.2) is 58.6 Å². The number of aryl methyl sites for hydroxylation is 1. The van der Waals surface area contributed by atoms with Gasteiger partial charge in [0.2, 0.25) is 5.79 Å². The summed E-state index contributed by atoms with van der Waals surface area (Å²) in [7, 11) is 1.33. The Morgan fingerprint density at radius 1 is 1.07 bits per heavy atom. The van der Waals surface area contributed by atoms with Gasteiger partial charge in [0, 0.05) is 17.7 Å². The van der Waals surface area contributed by atoms with Crippen LogP contribution >= 0.6 is 11.6 Å². The normalized spacial score (nSPS) is 30.4. The molecule has 0 saturated carbocycles. The average molecular weight is 409 g/mol. The number of methoxy groups -OCH3 is 1. The summed E-state index contributed by atoms with van der Waals surface area (Å²) in [5.74, 6) is -1.75. The first-order valence-corrected chi connectivity index (χ1v) is 9.42. The second kappa shape index (κ2) is 8.47. The number of hydrogen-bond donors (Lipinski definition) is 4. The highest BCUT2D eigenvalue weighted by Gasteiger charge is 2.55. The lowest BCUT2D eigenvalue weighted by Crippen LogP contribution is -2.64. The molecule has 3 rings (SSSR count). The van der Waals surface area contributed by atoms with Crippen molar-refractivity contribution in [3.05, 3.63) is 69.7 Å². The van der Waals surface area contributed by atoms with Crippen molar-refractivity contribution >= 4 is 11.6 Å². The molecule has 1 aliphatic heterocycles. The molecular weight excluding hydrogens is 384 g/mol. The quantitative estimate of drug-likeness (QED) is 0.598. The van der Waals surface area contributed by atoms with Crippen LogP contribution in [0.25, 0.3) is 0 Å². The number of halogens is 1. The SMILES string of the molecule is COC1(c2ccc(Cl)c(Cc3ccc(C)cc3)c2)O[C@H](CO)[C@@H](O)[C@H](O)[C@H]1O. The van der Waals surface area contributed by atoms with Crippen LogP contribution in [0.3, 0.4) is 0 Å². The zero-order chi connectivity index (χ0) is 20.5. The molecule has 1 aliphatic rings. The van der Waals surface area contributed by atoms with Gasteiger partial charge in [0.15, 0.2) is 0 Å². The maximum absolute atomic E-state index is 10.6. The fraction of sp³-hybridized carbons (Fsp3) is 0.429. The molecule has 5 atom stereocenters. The largest absolute Gasteiger partial charge is 0.394 e. The summed E-state index contributed by atoms with van der Waals surface area (Å²) in [6.07, 6.45) is -5.12. The summed E-state index contributed by atoms with van der Waals surface area (Å²) in [6.45, 7) is 1.47. The molecule has 0 radical (unpaired) electrons. The second-order valence-corrected chi connectivity index (χ2v) is 7.51. The van der Waals surface area contributed by atoms with Crippen molar-refractivity contribution in [2.75, 3.05) is 13.7 Å². The molecule has 6 nitrogen and oxygen atoms in total. The summed E-state index contributed by atoms with van der Waals surface area (Å²) in [4.78, 5) is 0. The molecule has 1 heterocycles. The van der Waals surface area contributed by atoms with Crippen molar-refractivity contribution in [2.24, 2.45) is 0 Å². The monoisotopic (exact) mass is 408 g/mol. The van der Waals surface area contributed by atoms with E-state index in [2.05, 4.69) is 0 Å². The van der Waals surface area contributed by atoms with Crippen LogP contribution in [0, 0.1) is 6.92 Å². The predicted octanol–water partition coefficient (Wildman–Crippen LogP) is 1.51. The first-order valence-electron chi connectivity index (χ1n) is 9.05. The van der Waals surface area contributed by atoms with E-state index in [0.717, 1.165) is 16.7 Å². The van der Waals surface area contributed by atoms with Crippen LogP contribution in [0.15, 0.2) is 42.5 Å². The number of aliphatic hydroxyl groups is 4. The Kier molecular flexibility index (Phi) is 6.41. The maximum atomic E-state index is 10.6. The fourth-order valence-corrected chi connectivity index (χ4v) is 3.70. The number of hydrogen-bond acceptors (Lipinski definition) is 6. The van der Waals surface area contributed by atoms with Crippen LogP contribution in [-0.2, 0) is 21.7 Å². The van der Waals surface area contributed by atoms with Gasteiger partial charge in [0.25, 0.3) is 0 Å². The van der Waals surface area contributed by atoms with E-state index in [-0.39, 0.29) is 0 Å². The van der Waals surface area contributed by atoms with E-state index in [4.69, 9.17) is 21.1 Å². The van der Waals surface area contributed by atoms with E-state index >= 15 is 0 Å². The number of rotatable bonds is 5. The summed E-state index contributed by atoms with van der Waals surface area (Å²) in [6, 6.07) is 13.1. The molecule has 0 spiro atoms. The molecule has 0 aliphatic carbocycles. The average Bonchev–Trinajstić information content (AvgIpc) is 2.70. The Labute approximate surface area is 168 Å². The minimum atomic E-state index is -1.75. The van der Waals surface area contributed by atoms with Gasteiger partial charge in [0.1, 0.15) is 24.4 Å². The number of ether oxygens (including phenoxy) is 2. The molecule has 7 heteroatoms. The Morgan fingerprint density at radius 3 is 2.36 bits per heavy atom. The third kappa shape index (κ3) is 3.82. The molecule has 2 aromatic rings. The molecule has 1 fully saturated rings. The van der Waals surface area contributed by atoms with Crippen molar-refractivity contribution in [3.8, 4) is 0 Å². The molecule has 1 unspecified atom stereocenters. The van der Waals surface area contributed by atoms with Crippen LogP contribution in [0.4, 0.5) is 0 Å². The molecule has 1 saturated heterocycles. The molecule has 0 bridgehead atoms. The van der Waals surface area contributed by atoms with Crippen molar-refractivity contribution in [1.29, 1.82) is 0 Å². The molecular formula is C21H25ClO6. The highest BCUT2D eigenvalue weighted by Crippen LogP contribution is 2.40. The number of aliphatic hydroxyl groups excluding tert-OH is 4. The van der Waals surface area contributed by atoms with Gasteiger partial charge < -0.3 is 29.9 Å². The molecule has 2 aromatic carbocycles. The van der Waals surface area contributed by atoms with Gasteiger partial charge in [-0.15, -0.1) is 0 Å². The molecule has 28 heavy (non-hydrogen) atoms. The van der Waals surface area contributed by atoms with Crippen LogP contribution in [0.1, 0.15) is 22.3 Å². The van der Waals surface area contributed by atoms with Gasteiger partial charge in [0.05, 0.1) is 6.61 Å². The van der Waals surface area contributed by atoms with E-state index in [1.54, 1.807) is 18.2 Å². The third-order valence-corrected chi connectivity index (χ3v) is 5.59. The van der Waals surface area contributed by atoms with Crippen molar-refractivity contribution in [3.63, 3.8) is 0 Å². The molecule has 152 valence electrons. The predicted molar refractivity (Wildman–Crippen MR) is 104 cm³/mol. The summed E-state index contributed by atoms with van der Waals surface area (Å²) in [5.41, 5.74) is 3.43. The summed E-state index contributed by atoms with van der Waals surface area (Å²) in [5, 5.41) is 41.0. The zero-order valence-corrected chi connectivity index (χ0v) is 16.5. The Bertz CT molecular complexity index is 809. The van der Waals surface area contributed by atoms with E-state index in [1.165, 1.54) is 7.11 Å². The Hall–Kier alpha value is -1.51. The number of benzene rings is 2. The van der Waals surface area contributed by atoms with Crippen LogP contribution < -0.4 is 0 Å². The third-order valence-electron chi connectivity index (χ3n) is 5.22. The summed E-state index contributed by atoms with van der Waals surface area (Å²) < 4.78 is 11.2. The van der Waals surface area contributed by atoms with Gasteiger partial charge in [-0.25, -0.2) is 0 Å². The van der Waals surface area contributed by atoms with E-state index in [9.17, 15) is 20.4 Å². The smallest absolute Gasteiger partial charge is 0.224 e. The van der Waals surface area contributed by atoms with Gasteiger partial charge in [-0.2, -0.15) is 0 Å². The minimum Gasteiger partial charge on any atom is -0.394 e. The molecule has 4 N–H and O–H groups in total. The standard InChI is InChI=1S/C21H25ClO6/c1-12-3-5-13(6-4-12)9-14-10-15(7-8-16(14)22)21(27-2)20(26)19(25)18(24)17(11-23)28-21/h3-8,10,17-20,23-26H,9,11H2,1-2H3/t17-,18-,19+,20-,21?/m1/s1. The van der Waals surface area contributed by atoms with Crippen LogP contribution in [0.2, 0.25) is 5.02 Å². The first-order chi connectivity index (χ1) is 13.3. The van der Waals surface area contributed by atoms with Gasteiger partial charge in [-0.05, 0) is 36.6 Å².